The highest BCUT2D eigenvalue weighted by molar-refractivity contribution is 5.24. The summed E-state index contributed by atoms with van der Waals surface area (Å²) in [5, 5.41) is 3.48. The summed E-state index contributed by atoms with van der Waals surface area (Å²) in [6.45, 7) is 12.9. The van der Waals surface area contributed by atoms with Crippen molar-refractivity contribution >= 4 is 0 Å². The summed E-state index contributed by atoms with van der Waals surface area (Å²) in [5.74, 6) is 0.910. The van der Waals surface area contributed by atoms with Crippen molar-refractivity contribution in [3.63, 3.8) is 0 Å². The van der Waals surface area contributed by atoms with Gasteiger partial charge in [0.1, 0.15) is 0 Å². The first-order chi connectivity index (χ1) is 10.7. The smallest absolute Gasteiger partial charge is 0.0476 e. The van der Waals surface area contributed by atoms with Crippen LogP contribution in [0.5, 0.6) is 0 Å². The molecule has 1 aromatic carbocycles. The van der Waals surface area contributed by atoms with Gasteiger partial charge in [-0.2, -0.15) is 0 Å². The Labute approximate surface area is 135 Å². The molecule has 0 bridgehead atoms. The molecular weight excluding hydrogens is 270 g/mol. The van der Waals surface area contributed by atoms with Gasteiger partial charge < -0.3 is 10.2 Å². The summed E-state index contributed by atoms with van der Waals surface area (Å²) in [6.07, 6.45) is 2.73. The highest BCUT2D eigenvalue weighted by Gasteiger charge is 2.26. The summed E-state index contributed by atoms with van der Waals surface area (Å²) >= 11 is 0. The second kappa shape index (κ2) is 7.58. The van der Waals surface area contributed by atoms with Crippen molar-refractivity contribution in [2.75, 3.05) is 45.8 Å². The maximum Gasteiger partial charge on any atom is 0.0476 e. The summed E-state index contributed by atoms with van der Waals surface area (Å²) in [4.78, 5) is 5.37. The van der Waals surface area contributed by atoms with Gasteiger partial charge in [0.25, 0.3) is 0 Å². The van der Waals surface area contributed by atoms with Crippen molar-refractivity contribution < 1.29 is 0 Å². The molecule has 3 nitrogen and oxygen atoms in total. The Bertz CT molecular complexity index is 442. The van der Waals surface area contributed by atoms with Crippen LogP contribution in [0.25, 0.3) is 0 Å². The van der Waals surface area contributed by atoms with Gasteiger partial charge >= 0.3 is 0 Å². The van der Waals surface area contributed by atoms with E-state index in [9.17, 15) is 0 Å². The van der Waals surface area contributed by atoms with Crippen molar-refractivity contribution in [2.24, 2.45) is 5.92 Å². The molecule has 2 saturated heterocycles. The lowest BCUT2D eigenvalue weighted by Crippen LogP contribution is -2.48. The standard InChI is InChI=1S/C19H31N3/c1-16-3-5-18(6-4-16)19(22-13-9-20-10-14-22)15-21-11-7-17(2)8-12-21/h3-6,17,19-20H,7-15H2,1-2H3. The fourth-order valence-electron chi connectivity index (χ4n) is 3.70. The van der Waals surface area contributed by atoms with Crippen molar-refractivity contribution in [2.45, 2.75) is 32.7 Å². The van der Waals surface area contributed by atoms with Crippen molar-refractivity contribution in [1.82, 2.24) is 15.1 Å². The Kier molecular flexibility index (Phi) is 5.51. The number of nitrogens with one attached hydrogen (secondary N) is 1. The Hall–Kier alpha value is -0.900. The van der Waals surface area contributed by atoms with Gasteiger partial charge in [0.05, 0.1) is 0 Å². The molecule has 1 atom stereocenters. The van der Waals surface area contributed by atoms with Gasteiger partial charge in [-0.1, -0.05) is 36.8 Å². The van der Waals surface area contributed by atoms with E-state index in [-0.39, 0.29) is 0 Å². The van der Waals surface area contributed by atoms with Crippen LogP contribution in [0.2, 0.25) is 0 Å². The molecule has 0 aromatic heterocycles. The van der Waals surface area contributed by atoms with E-state index in [1.54, 1.807) is 0 Å². The molecule has 2 aliphatic rings. The average molecular weight is 301 g/mol. The quantitative estimate of drug-likeness (QED) is 0.922. The van der Waals surface area contributed by atoms with Crippen LogP contribution in [-0.2, 0) is 0 Å². The molecule has 0 radical (unpaired) electrons. The molecule has 22 heavy (non-hydrogen) atoms. The summed E-state index contributed by atoms with van der Waals surface area (Å²) < 4.78 is 0. The van der Waals surface area contributed by atoms with Gasteiger partial charge in [0.15, 0.2) is 0 Å². The molecule has 3 heteroatoms. The van der Waals surface area contributed by atoms with Gasteiger partial charge in [-0.15, -0.1) is 0 Å². The second-order valence-electron chi connectivity index (χ2n) is 7.20. The highest BCUT2D eigenvalue weighted by Crippen LogP contribution is 2.25. The molecule has 122 valence electrons. The SMILES string of the molecule is Cc1ccc(C(CN2CCC(C)CC2)N2CCNCC2)cc1. The third-order valence-electron chi connectivity index (χ3n) is 5.36. The molecule has 0 saturated carbocycles. The molecule has 0 aliphatic carbocycles. The summed E-state index contributed by atoms with van der Waals surface area (Å²) in [6, 6.07) is 9.77. The zero-order valence-corrected chi connectivity index (χ0v) is 14.2. The number of nitrogens with zero attached hydrogens (tertiary/aromatic N) is 2. The fraction of sp³-hybridized carbons (Fsp3) is 0.684. The monoisotopic (exact) mass is 301 g/mol. The number of hydrogen-bond acceptors (Lipinski definition) is 3. The van der Waals surface area contributed by atoms with Gasteiger partial charge in [-0.3, -0.25) is 4.90 Å². The fourth-order valence-corrected chi connectivity index (χ4v) is 3.70. The van der Waals surface area contributed by atoms with Crippen molar-refractivity contribution in [3.05, 3.63) is 35.4 Å². The molecule has 0 spiro atoms. The van der Waals surface area contributed by atoms with E-state index >= 15 is 0 Å². The summed E-state index contributed by atoms with van der Waals surface area (Å²) in [7, 11) is 0. The molecular formula is C19H31N3. The molecule has 2 heterocycles. The number of hydrogen-bond donors (Lipinski definition) is 1. The molecule has 2 fully saturated rings. The number of likely N-dealkylation sites (tertiary alicyclic amines) is 1. The van der Waals surface area contributed by atoms with Crippen LogP contribution >= 0.6 is 0 Å². The molecule has 2 aliphatic heterocycles. The first-order valence-electron chi connectivity index (χ1n) is 8.96. The minimum Gasteiger partial charge on any atom is -0.314 e. The number of piperazine rings is 1. The van der Waals surface area contributed by atoms with E-state index in [4.69, 9.17) is 0 Å². The molecule has 1 aromatic rings. The van der Waals surface area contributed by atoms with Crippen LogP contribution < -0.4 is 5.32 Å². The van der Waals surface area contributed by atoms with Crippen molar-refractivity contribution in [1.29, 1.82) is 0 Å². The van der Waals surface area contributed by atoms with Crippen LogP contribution in [0.4, 0.5) is 0 Å². The maximum absolute atomic E-state index is 3.48. The van der Waals surface area contributed by atoms with Gasteiger partial charge in [0.2, 0.25) is 0 Å². The van der Waals surface area contributed by atoms with Gasteiger partial charge in [-0.05, 0) is 44.3 Å². The number of piperidine rings is 1. The van der Waals surface area contributed by atoms with Crippen LogP contribution in [0.1, 0.15) is 36.9 Å². The van der Waals surface area contributed by atoms with E-state index < -0.39 is 0 Å². The third-order valence-corrected chi connectivity index (χ3v) is 5.36. The first kappa shape index (κ1) is 16.0. The Balaban J connectivity index is 1.71. The lowest BCUT2D eigenvalue weighted by Gasteiger charge is -2.40. The third kappa shape index (κ3) is 4.09. The number of benzene rings is 1. The van der Waals surface area contributed by atoms with Crippen LogP contribution in [-0.4, -0.2) is 55.6 Å². The normalized spacial score (nSPS) is 23.5. The van der Waals surface area contributed by atoms with E-state index in [1.807, 2.05) is 0 Å². The van der Waals surface area contributed by atoms with E-state index in [2.05, 4.69) is 53.2 Å². The topological polar surface area (TPSA) is 18.5 Å². The average Bonchev–Trinajstić information content (AvgIpc) is 2.56. The number of aryl methyl sites for hydroxylation is 1. The largest absolute Gasteiger partial charge is 0.314 e. The Morgan fingerprint density at radius 3 is 2.32 bits per heavy atom. The maximum atomic E-state index is 3.48. The predicted octanol–water partition coefficient (Wildman–Crippen LogP) is 2.67. The molecule has 3 rings (SSSR count). The van der Waals surface area contributed by atoms with E-state index in [1.165, 1.54) is 56.7 Å². The molecule has 1 unspecified atom stereocenters. The van der Waals surface area contributed by atoms with E-state index in [0.29, 0.717) is 6.04 Å². The van der Waals surface area contributed by atoms with Crippen LogP contribution in [0.3, 0.4) is 0 Å². The minimum atomic E-state index is 0.552. The first-order valence-corrected chi connectivity index (χ1v) is 8.96. The minimum absolute atomic E-state index is 0.552. The number of rotatable bonds is 4. The predicted molar refractivity (Wildman–Crippen MR) is 93.2 cm³/mol. The van der Waals surface area contributed by atoms with E-state index in [0.717, 1.165) is 19.0 Å². The van der Waals surface area contributed by atoms with Gasteiger partial charge in [0, 0.05) is 38.8 Å². The Morgan fingerprint density at radius 2 is 1.68 bits per heavy atom. The zero-order chi connectivity index (χ0) is 15.4. The van der Waals surface area contributed by atoms with Gasteiger partial charge in [-0.25, -0.2) is 0 Å². The highest BCUT2D eigenvalue weighted by atomic mass is 15.3. The van der Waals surface area contributed by atoms with Crippen LogP contribution in [0, 0.1) is 12.8 Å². The lowest BCUT2D eigenvalue weighted by molar-refractivity contribution is 0.104. The molecule has 0 amide bonds. The van der Waals surface area contributed by atoms with Crippen molar-refractivity contribution in [3.8, 4) is 0 Å². The van der Waals surface area contributed by atoms with Crippen LogP contribution in [0.15, 0.2) is 24.3 Å². The lowest BCUT2D eigenvalue weighted by atomic mass is 9.97. The Morgan fingerprint density at radius 1 is 1.05 bits per heavy atom. The zero-order valence-electron chi connectivity index (χ0n) is 14.2. The molecule has 1 N–H and O–H groups in total. The summed E-state index contributed by atoms with van der Waals surface area (Å²) in [5.41, 5.74) is 2.85. The second-order valence-corrected chi connectivity index (χ2v) is 7.20.